The van der Waals surface area contributed by atoms with Crippen molar-refractivity contribution in [2.45, 2.75) is 23.9 Å². The number of rotatable bonds is 5. The minimum atomic E-state index is -0.982. The molecule has 0 bridgehead atoms. The minimum Gasteiger partial charge on any atom is -0.451 e. The Balaban J connectivity index is 1.65. The zero-order chi connectivity index (χ0) is 18.8. The number of β-lactam (4-membered cyclic amide) rings is 1. The van der Waals surface area contributed by atoms with Gasteiger partial charge in [0, 0.05) is 5.57 Å². The van der Waals surface area contributed by atoms with E-state index in [1.165, 1.54) is 16.7 Å². The number of hydrogen-bond donors (Lipinski definition) is 0. The van der Waals surface area contributed by atoms with Crippen LogP contribution in [0.3, 0.4) is 0 Å². The Kier molecular flexibility index (Phi) is 4.81. The van der Waals surface area contributed by atoms with Gasteiger partial charge in [-0.1, -0.05) is 60.7 Å². The zero-order valence-electron chi connectivity index (χ0n) is 14.4. The van der Waals surface area contributed by atoms with Crippen molar-refractivity contribution in [3.05, 3.63) is 82.8 Å². The van der Waals surface area contributed by atoms with E-state index >= 15 is 0 Å². The largest absolute Gasteiger partial charge is 0.451 e. The lowest BCUT2D eigenvalue weighted by Crippen LogP contribution is -2.60. The quantitative estimate of drug-likeness (QED) is 0.454. The summed E-state index contributed by atoms with van der Waals surface area (Å²) in [6.45, 7) is 0. The Morgan fingerprint density at radius 2 is 1.67 bits per heavy atom. The topological polar surface area (TPSA) is 63.7 Å². The Bertz CT molecular complexity index is 857. The average molecular weight is 379 g/mol. The van der Waals surface area contributed by atoms with Gasteiger partial charge in [-0.15, -0.1) is 11.8 Å². The third-order valence-corrected chi connectivity index (χ3v) is 5.82. The van der Waals surface area contributed by atoms with Crippen molar-refractivity contribution in [2.24, 2.45) is 0 Å². The molecule has 6 heteroatoms. The fourth-order valence-corrected chi connectivity index (χ4v) is 4.42. The van der Waals surface area contributed by atoms with Crippen LogP contribution in [-0.2, 0) is 19.1 Å². The highest BCUT2D eigenvalue weighted by Gasteiger charge is 2.49. The number of ether oxygens (including phenoxy) is 1. The van der Waals surface area contributed by atoms with Crippen LogP contribution < -0.4 is 0 Å². The molecule has 1 unspecified atom stereocenters. The first-order valence-electron chi connectivity index (χ1n) is 8.61. The maximum Gasteiger partial charge on any atom is 0.334 e. The van der Waals surface area contributed by atoms with E-state index in [2.05, 4.69) is 0 Å². The van der Waals surface area contributed by atoms with Crippen LogP contribution >= 0.6 is 11.8 Å². The molecule has 1 fully saturated rings. The molecule has 1 amide bonds. The first-order chi connectivity index (χ1) is 13.2. The van der Waals surface area contributed by atoms with E-state index in [0.29, 0.717) is 12.7 Å². The maximum absolute atomic E-state index is 13.0. The van der Waals surface area contributed by atoms with E-state index in [4.69, 9.17) is 4.74 Å². The lowest BCUT2D eigenvalue weighted by molar-refractivity contribution is -0.162. The molecular weight excluding hydrogens is 362 g/mol. The number of aldehydes is 1. The van der Waals surface area contributed by atoms with Gasteiger partial charge in [0.15, 0.2) is 12.1 Å². The van der Waals surface area contributed by atoms with Crippen molar-refractivity contribution >= 4 is 29.9 Å². The van der Waals surface area contributed by atoms with Crippen LogP contribution in [0.1, 0.15) is 23.7 Å². The second kappa shape index (κ2) is 7.40. The van der Waals surface area contributed by atoms with Gasteiger partial charge < -0.3 is 9.64 Å². The highest BCUT2D eigenvalue weighted by Crippen LogP contribution is 2.40. The van der Waals surface area contributed by atoms with Gasteiger partial charge in [0.25, 0.3) is 0 Å². The predicted octanol–water partition coefficient (Wildman–Crippen LogP) is 3.08. The van der Waals surface area contributed by atoms with Crippen LogP contribution in [-0.4, -0.2) is 34.5 Å². The normalized spacial score (nSPS) is 21.1. The van der Waals surface area contributed by atoms with Gasteiger partial charge in [0.2, 0.25) is 5.91 Å². The fraction of sp³-hybridized carbons (Fsp3) is 0.190. The highest BCUT2D eigenvalue weighted by molar-refractivity contribution is 8.02. The number of hydrogen-bond acceptors (Lipinski definition) is 5. The van der Waals surface area contributed by atoms with Crippen molar-refractivity contribution in [3.8, 4) is 0 Å². The minimum absolute atomic E-state index is 0.106. The molecule has 2 aliphatic heterocycles. The summed E-state index contributed by atoms with van der Waals surface area (Å²) in [4.78, 5) is 38.0. The van der Waals surface area contributed by atoms with Gasteiger partial charge in [-0.3, -0.25) is 9.59 Å². The molecule has 4 rings (SSSR count). The molecule has 2 aliphatic rings. The molecule has 2 aromatic rings. The van der Waals surface area contributed by atoms with Gasteiger partial charge in [-0.05, 0) is 16.5 Å². The summed E-state index contributed by atoms with van der Waals surface area (Å²) in [5.41, 5.74) is 1.91. The number of amides is 1. The first-order valence-corrected chi connectivity index (χ1v) is 9.55. The average Bonchev–Trinajstić information content (AvgIpc) is 2.71. The van der Waals surface area contributed by atoms with E-state index in [1.54, 1.807) is 5.41 Å². The number of carbonyl (C=O) groups is 3. The number of thioether (sulfide) groups is 1. The Morgan fingerprint density at radius 1 is 1.07 bits per heavy atom. The zero-order valence-corrected chi connectivity index (χ0v) is 15.2. The van der Waals surface area contributed by atoms with E-state index in [-0.39, 0.29) is 16.9 Å². The van der Waals surface area contributed by atoms with Crippen molar-refractivity contribution in [3.63, 3.8) is 0 Å². The van der Waals surface area contributed by atoms with Crippen LogP contribution in [0.25, 0.3) is 0 Å². The summed E-state index contributed by atoms with van der Waals surface area (Å²) in [5, 5.41) is 1.55. The molecule has 2 aromatic carbocycles. The van der Waals surface area contributed by atoms with E-state index < -0.39 is 18.1 Å². The highest BCUT2D eigenvalue weighted by atomic mass is 32.2. The molecule has 136 valence electrons. The van der Waals surface area contributed by atoms with E-state index in [0.717, 1.165) is 11.1 Å². The maximum atomic E-state index is 13.0. The molecule has 0 aromatic heterocycles. The molecule has 2 atom stereocenters. The summed E-state index contributed by atoms with van der Waals surface area (Å²) < 4.78 is 5.85. The molecule has 5 nitrogen and oxygen atoms in total. The van der Waals surface area contributed by atoms with Crippen molar-refractivity contribution in [1.82, 2.24) is 4.90 Å². The summed E-state index contributed by atoms with van der Waals surface area (Å²) in [6.07, 6.45) is 0.385. The van der Waals surface area contributed by atoms with Crippen molar-refractivity contribution in [2.75, 3.05) is 0 Å². The van der Waals surface area contributed by atoms with Gasteiger partial charge in [-0.25, -0.2) is 4.79 Å². The Labute approximate surface area is 161 Å². The van der Waals surface area contributed by atoms with Crippen molar-refractivity contribution < 1.29 is 19.1 Å². The first kappa shape index (κ1) is 17.5. The van der Waals surface area contributed by atoms with E-state index in [1.807, 2.05) is 60.7 Å². The number of nitrogens with zero attached hydrogens (tertiary/aromatic N) is 1. The van der Waals surface area contributed by atoms with Crippen molar-refractivity contribution in [1.29, 1.82) is 0 Å². The lowest BCUT2D eigenvalue weighted by Gasteiger charge is -2.46. The molecule has 27 heavy (non-hydrogen) atoms. The van der Waals surface area contributed by atoms with Crippen LogP contribution in [0, 0.1) is 0 Å². The van der Waals surface area contributed by atoms with Gasteiger partial charge in [0.1, 0.15) is 6.29 Å². The molecule has 2 heterocycles. The smallest absolute Gasteiger partial charge is 0.334 e. The number of fused-ring (bicyclic) bond motifs is 1. The molecule has 1 saturated heterocycles. The van der Waals surface area contributed by atoms with Gasteiger partial charge in [0.05, 0.1) is 11.8 Å². The number of benzene rings is 2. The van der Waals surface area contributed by atoms with Crippen LogP contribution in [0.15, 0.2) is 71.6 Å². The lowest BCUT2D eigenvalue weighted by atomic mass is 10.00. The second-order valence-electron chi connectivity index (χ2n) is 6.37. The predicted molar refractivity (Wildman–Crippen MR) is 102 cm³/mol. The summed E-state index contributed by atoms with van der Waals surface area (Å²) in [7, 11) is 0. The Morgan fingerprint density at radius 3 is 2.19 bits per heavy atom. The van der Waals surface area contributed by atoms with Crippen LogP contribution in [0.2, 0.25) is 0 Å². The van der Waals surface area contributed by atoms with Gasteiger partial charge >= 0.3 is 5.97 Å². The third-order valence-electron chi connectivity index (χ3n) is 4.70. The molecule has 0 saturated carbocycles. The molecule has 0 N–H and O–H groups in total. The molecule has 0 spiro atoms. The van der Waals surface area contributed by atoms with Crippen LogP contribution in [0.4, 0.5) is 0 Å². The standard InChI is InChI=1S/C21H17NO4S/c23-12-16-13-27-18-11-17(24)22(18)19(16)21(25)26-20(14-7-3-1-4-8-14)15-9-5-2-6-10-15/h1-10,12-13,18-20H,11H2/t18-,19?/m1/s1. The molecular formula is C21H17NO4S. The second-order valence-corrected chi connectivity index (χ2v) is 7.42. The summed E-state index contributed by atoms with van der Waals surface area (Å²) in [5.74, 6) is -0.734. The fourth-order valence-electron chi connectivity index (χ4n) is 3.31. The van der Waals surface area contributed by atoms with Gasteiger partial charge in [-0.2, -0.15) is 0 Å². The number of carbonyl (C=O) groups excluding carboxylic acids is 3. The van der Waals surface area contributed by atoms with Crippen LogP contribution in [0.5, 0.6) is 0 Å². The summed E-state index contributed by atoms with van der Waals surface area (Å²) >= 11 is 1.39. The monoisotopic (exact) mass is 379 g/mol. The molecule has 0 radical (unpaired) electrons. The third kappa shape index (κ3) is 3.28. The Hall–Kier alpha value is -2.86. The summed E-state index contributed by atoms with van der Waals surface area (Å²) in [6, 6.07) is 17.8. The van der Waals surface area contributed by atoms with E-state index in [9.17, 15) is 14.4 Å². The number of esters is 1. The SMILES string of the molecule is O=CC1=CS[C@@H]2CC(=O)N2C1C(=O)OC(c1ccccc1)c1ccccc1. The molecule has 0 aliphatic carbocycles.